The van der Waals surface area contributed by atoms with E-state index in [-0.39, 0.29) is 0 Å². The first-order chi connectivity index (χ1) is 4.33. The van der Waals surface area contributed by atoms with E-state index in [2.05, 4.69) is 4.36 Å². The van der Waals surface area contributed by atoms with Gasteiger partial charge in [-0.2, -0.15) is 4.36 Å². The number of hydrogen-bond donors (Lipinski definition) is 1. The number of hydrogen-bond acceptors (Lipinski definition) is 3. The molecular weight excluding hydrogens is 152 g/mol. The SMILES string of the molecule is C[C@@H](N)C(=O)N=S(C)(C)=O. The van der Waals surface area contributed by atoms with Crippen molar-refractivity contribution in [1.29, 1.82) is 0 Å². The minimum Gasteiger partial charge on any atom is -0.320 e. The van der Waals surface area contributed by atoms with Crippen LogP contribution in [-0.2, 0) is 14.5 Å². The van der Waals surface area contributed by atoms with Gasteiger partial charge in [0.05, 0.1) is 6.04 Å². The predicted octanol–water partition coefficient (Wildman–Crippen LogP) is -0.412. The van der Waals surface area contributed by atoms with E-state index in [1.165, 1.54) is 19.4 Å². The molecule has 0 saturated heterocycles. The topological polar surface area (TPSA) is 72.5 Å². The van der Waals surface area contributed by atoms with E-state index in [1.54, 1.807) is 0 Å². The summed E-state index contributed by atoms with van der Waals surface area (Å²) in [5.41, 5.74) is 5.17. The van der Waals surface area contributed by atoms with Crippen LogP contribution in [0.4, 0.5) is 0 Å². The highest BCUT2D eigenvalue weighted by Gasteiger charge is 2.06. The predicted molar refractivity (Wildman–Crippen MR) is 41.1 cm³/mol. The van der Waals surface area contributed by atoms with Gasteiger partial charge in [0.15, 0.2) is 0 Å². The molecule has 1 atom stereocenters. The molecule has 0 saturated carbocycles. The quantitative estimate of drug-likeness (QED) is 0.572. The smallest absolute Gasteiger partial charge is 0.270 e. The molecule has 60 valence electrons. The van der Waals surface area contributed by atoms with Crippen molar-refractivity contribution >= 4 is 15.6 Å². The van der Waals surface area contributed by atoms with Crippen molar-refractivity contribution in [2.75, 3.05) is 12.5 Å². The summed E-state index contributed by atoms with van der Waals surface area (Å²) in [7, 11) is -2.32. The lowest BCUT2D eigenvalue weighted by Gasteiger charge is -1.97. The minimum atomic E-state index is -2.32. The van der Waals surface area contributed by atoms with Gasteiger partial charge in [-0.1, -0.05) is 0 Å². The van der Waals surface area contributed by atoms with E-state index in [4.69, 9.17) is 5.73 Å². The lowest BCUT2D eigenvalue weighted by Crippen LogP contribution is -2.25. The van der Waals surface area contributed by atoms with Crippen LogP contribution in [0.1, 0.15) is 6.92 Å². The maximum atomic E-state index is 10.9. The summed E-state index contributed by atoms with van der Waals surface area (Å²) < 4.78 is 14.2. The number of carbonyl (C=O) groups excluding carboxylic acids is 1. The molecule has 0 bridgehead atoms. The Morgan fingerprint density at radius 3 is 2.10 bits per heavy atom. The Bertz CT molecular complexity index is 230. The Kier molecular flexibility index (Phi) is 2.98. The Balaban J connectivity index is 4.46. The average molecular weight is 164 g/mol. The molecule has 0 aromatic heterocycles. The molecule has 0 aliphatic heterocycles. The van der Waals surface area contributed by atoms with Crippen molar-refractivity contribution in [3.05, 3.63) is 0 Å². The van der Waals surface area contributed by atoms with Crippen molar-refractivity contribution in [1.82, 2.24) is 0 Å². The first kappa shape index (κ1) is 9.58. The maximum absolute atomic E-state index is 10.9. The minimum absolute atomic E-state index is 0.505. The molecule has 2 N–H and O–H groups in total. The van der Waals surface area contributed by atoms with Gasteiger partial charge < -0.3 is 5.73 Å². The fourth-order valence-electron chi connectivity index (χ4n) is 0.300. The molecule has 0 rings (SSSR count). The first-order valence-corrected chi connectivity index (χ1v) is 5.12. The summed E-state index contributed by atoms with van der Waals surface area (Å²) in [5.74, 6) is -0.505. The molecule has 10 heavy (non-hydrogen) atoms. The average Bonchev–Trinajstić information content (AvgIpc) is 1.60. The second-order valence-electron chi connectivity index (χ2n) is 2.40. The van der Waals surface area contributed by atoms with Crippen LogP contribution in [0.2, 0.25) is 0 Å². The van der Waals surface area contributed by atoms with E-state index in [9.17, 15) is 9.00 Å². The summed E-state index contributed by atoms with van der Waals surface area (Å²) in [4.78, 5) is 10.7. The Labute approximate surface area is 61.0 Å². The Morgan fingerprint density at radius 2 is 2.00 bits per heavy atom. The summed E-state index contributed by atoms with van der Waals surface area (Å²) >= 11 is 0. The highest BCUT2D eigenvalue weighted by molar-refractivity contribution is 7.92. The largest absolute Gasteiger partial charge is 0.320 e. The van der Waals surface area contributed by atoms with Gasteiger partial charge in [-0.3, -0.25) is 4.79 Å². The molecule has 0 aliphatic rings. The van der Waals surface area contributed by atoms with Crippen molar-refractivity contribution in [2.24, 2.45) is 10.1 Å². The zero-order valence-electron chi connectivity index (χ0n) is 6.33. The lowest BCUT2D eigenvalue weighted by atomic mass is 10.4. The summed E-state index contributed by atoms with van der Waals surface area (Å²) in [5, 5.41) is 0. The first-order valence-electron chi connectivity index (χ1n) is 2.79. The third-order valence-electron chi connectivity index (χ3n) is 0.699. The van der Waals surface area contributed by atoms with Gasteiger partial charge in [-0.05, 0) is 6.92 Å². The number of carbonyl (C=O) groups is 1. The monoisotopic (exact) mass is 164 g/mol. The van der Waals surface area contributed by atoms with Crippen LogP contribution in [0.15, 0.2) is 4.36 Å². The highest BCUT2D eigenvalue weighted by atomic mass is 32.2. The van der Waals surface area contributed by atoms with E-state index in [0.717, 1.165) is 0 Å². The molecule has 0 spiro atoms. The highest BCUT2D eigenvalue weighted by Crippen LogP contribution is 1.88. The maximum Gasteiger partial charge on any atom is 0.270 e. The lowest BCUT2D eigenvalue weighted by molar-refractivity contribution is -0.118. The van der Waals surface area contributed by atoms with Crippen LogP contribution in [0.25, 0.3) is 0 Å². The van der Waals surface area contributed by atoms with Gasteiger partial charge in [0.25, 0.3) is 5.91 Å². The van der Waals surface area contributed by atoms with Gasteiger partial charge in [0, 0.05) is 22.2 Å². The molecular formula is C5H12N2O2S. The summed E-state index contributed by atoms with van der Waals surface area (Å²) in [6, 6.07) is -0.652. The van der Waals surface area contributed by atoms with Crippen molar-refractivity contribution in [3.8, 4) is 0 Å². The van der Waals surface area contributed by atoms with E-state index in [0.29, 0.717) is 0 Å². The van der Waals surface area contributed by atoms with Gasteiger partial charge >= 0.3 is 0 Å². The van der Waals surface area contributed by atoms with E-state index < -0.39 is 21.7 Å². The summed E-state index contributed by atoms with van der Waals surface area (Å²) in [6.07, 6.45) is 2.79. The number of amides is 1. The molecule has 0 aromatic carbocycles. The molecule has 0 radical (unpaired) electrons. The zero-order valence-corrected chi connectivity index (χ0v) is 7.14. The van der Waals surface area contributed by atoms with Crippen molar-refractivity contribution in [3.63, 3.8) is 0 Å². The van der Waals surface area contributed by atoms with E-state index >= 15 is 0 Å². The van der Waals surface area contributed by atoms with Crippen LogP contribution in [0.5, 0.6) is 0 Å². The van der Waals surface area contributed by atoms with Gasteiger partial charge in [0.1, 0.15) is 0 Å². The van der Waals surface area contributed by atoms with Crippen molar-refractivity contribution < 1.29 is 9.00 Å². The fourth-order valence-corrected chi connectivity index (χ4v) is 0.899. The molecule has 5 heteroatoms. The Morgan fingerprint density at radius 1 is 1.60 bits per heavy atom. The van der Waals surface area contributed by atoms with Crippen molar-refractivity contribution in [2.45, 2.75) is 13.0 Å². The molecule has 4 nitrogen and oxygen atoms in total. The number of nitrogens with two attached hydrogens (primary N) is 1. The third-order valence-corrected chi connectivity index (χ3v) is 1.32. The second-order valence-corrected chi connectivity index (χ2v) is 4.94. The van der Waals surface area contributed by atoms with Gasteiger partial charge in [0.2, 0.25) is 0 Å². The second kappa shape index (κ2) is 3.12. The van der Waals surface area contributed by atoms with Crippen LogP contribution in [0.3, 0.4) is 0 Å². The fraction of sp³-hybridized carbons (Fsp3) is 0.800. The normalized spacial score (nSPS) is 14.4. The third kappa shape index (κ3) is 4.46. The standard InChI is InChI=1S/C5H12N2O2S/c1-4(6)5(8)7-10(2,3)9/h4H,6H2,1-3H3/t4-/m1/s1. The molecule has 0 aliphatic carbocycles. The number of nitrogens with zero attached hydrogens (tertiary/aromatic N) is 1. The van der Waals surface area contributed by atoms with Crippen LogP contribution in [-0.4, -0.2) is 28.7 Å². The molecule has 0 unspecified atom stereocenters. The van der Waals surface area contributed by atoms with Crippen LogP contribution >= 0.6 is 0 Å². The zero-order chi connectivity index (χ0) is 8.36. The van der Waals surface area contributed by atoms with Crippen LogP contribution < -0.4 is 5.73 Å². The Hall–Kier alpha value is -0.420. The molecule has 1 amide bonds. The molecule has 0 heterocycles. The van der Waals surface area contributed by atoms with Gasteiger partial charge in [-0.15, -0.1) is 0 Å². The molecule has 0 fully saturated rings. The van der Waals surface area contributed by atoms with Crippen LogP contribution in [0, 0.1) is 0 Å². The number of rotatable bonds is 1. The van der Waals surface area contributed by atoms with Gasteiger partial charge in [-0.25, -0.2) is 4.21 Å². The molecule has 0 aromatic rings. The summed E-state index contributed by atoms with van der Waals surface area (Å²) in [6.45, 7) is 1.51. The van der Waals surface area contributed by atoms with E-state index in [1.807, 2.05) is 0 Å².